The van der Waals surface area contributed by atoms with Gasteiger partial charge in [-0.1, -0.05) is 91.0 Å². The first-order valence-electron chi connectivity index (χ1n) is 13.6. The zero-order valence-electron chi connectivity index (χ0n) is 21.5. The summed E-state index contributed by atoms with van der Waals surface area (Å²) in [5, 5.41) is 0. The van der Waals surface area contributed by atoms with Crippen LogP contribution in [0.2, 0.25) is 0 Å². The molecule has 2 nitrogen and oxygen atoms in total. The summed E-state index contributed by atoms with van der Waals surface area (Å²) in [6, 6.07) is 0. The largest absolute Gasteiger partial charge is 0.427 e. The van der Waals surface area contributed by atoms with Gasteiger partial charge in [-0.05, 0) is 80.6 Å². The van der Waals surface area contributed by atoms with Gasteiger partial charge in [-0.25, -0.2) is 0 Å². The number of ether oxygens (including phenoxy) is 1. The number of allylic oxidation sites excluding steroid dienone is 3. The molecule has 2 aliphatic carbocycles. The maximum Gasteiger partial charge on any atom is 0.314 e. The molecular weight excluding hydrogens is 392 g/mol. The summed E-state index contributed by atoms with van der Waals surface area (Å²) in [7, 11) is 0. The van der Waals surface area contributed by atoms with Crippen LogP contribution < -0.4 is 0 Å². The molecule has 2 rings (SSSR count). The van der Waals surface area contributed by atoms with E-state index in [1.54, 1.807) is 0 Å². The number of carbonyl (C=O) groups excluding carboxylic acids is 1. The van der Waals surface area contributed by atoms with E-state index >= 15 is 0 Å². The van der Waals surface area contributed by atoms with Crippen molar-refractivity contribution in [2.75, 3.05) is 0 Å². The Morgan fingerprint density at radius 3 is 2.06 bits per heavy atom. The van der Waals surface area contributed by atoms with Crippen molar-refractivity contribution in [3.8, 4) is 0 Å². The van der Waals surface area contributed by atoms with Crippen molar-refractivity contribution in [1.82, 2.24) is 0 Å². The predicted molar refractivity (Wildman–Crippen MR) is 137 cm³/mol. The molecule has 2 unspecified atom stereocenters. The van der Waals surface area contributed by atoms with E-state index in [4.69, 9.17) is 4.74 Å². The van der Waals surface area contributed by atoms with Crippen LogP contribution in [0.25, 0.3) is 0 Å². The van der Waals surface area contributed by atoms with E-state index in [1.165, 1.54) is 64.2 Å². The second kappa shape index (κ2) is 14.1. The minimum Gasteiger partial charge on any atom is -0.427 e. The van der Waals surface area contributed by atoms with E-state index < -0.39 is 0 Å². The van der Waals surface area contributed by atoms with Gasteiger partial charge in [-0.2, -0.15) is 0 Å². The molecule has 182 valence electrons. The van der Waals surface area contributed by atoms with Crippen LogP contribution in [0.5, 0.6) is 0 Å². The van der Waals surface area contributed by atoms with Gasteiger partial charge in [0.05, 0.1) is 5.92 Å². The van der Waals surface area contributed by atoms with Gasteiger partial charge in [0, 0.05) is 0 Å². The summed E-state index contributed by atoms with van der Waals surface area (Å²) in [6.07, 6.45) is 20.1. The fourth-order valence-electron chi connectivity index (χ4n) is 5.72. The number of esters is 1. The molecule has 0 bridgehead atoms. The van der Waals surface area contributed by atoms with Crippen molar-refractivity contribution in [2.45, 2.75) is 111 Å². The third kappa shape index (κ3) is 8.91. The Hall–Kier alpha value is -1.31. The summed E-state index contributed by atoms with van der Waals surface area (Å²) >= 11 is 0. The molecule has 0 radical (unpaired) electrons. The summed E-state index contributed by atoms with van der Waals surface area (Å²) in [6.45, 7) is 17.2. The van der Waals surface area contributed by atoms with Crippen LogP contribution in [0.1, 0.15) is 111 Å². The fourth-order valence-corrected chi connectivity index (χ4v) is 5.72. The summed E-state index contributed by atoms with van der Waals surface area (Å²) in [5.41, 5.74) is 1.08. The van der Waals surface area contributed by atoms with E-state index in [0.717, 1.165) is 48.5 Å². The monoisotopic (exact) mass is 442 g/mol. The first-order valence-corrected chi connectivity index (χ1v) is 13.6. The predicted octanol–water partition coefficient (Wildman–Crippen LogP) is 9.03. The van der Waals surface area contributed by atoms with Gasteiger partial charge in [0.1, 0.15) is 5.76 Å². The third-order valence-electron chi connectivity index (χ3n) is 8.50. The first-order chi connectivity index (χ1) is 15.3. The Balaban J connectivity index is 1.68. The van der Waals surface area contributed by atoms with Crippen LogP contribution in [-0.2, 0) is 9.53 Å². The zero-order chi connectivity index (χ0) is 23.5. The highest BCUT2D eigenvalue weighted by atomic mass is 16.5. The van der Waals surface area contributed by atoms with E-state index in [-0.39, 0.29) is 11.9 Å². The highest BCUT2D eigenvalue weighted by Crippen LogP contribution is 2.42. The highest BCUT2D eigenvalue weighted by Gasteiger charge is 2.33. The Labute approximate surface area is 199 Å². The number of hydrogen-bond acceptors (Lipinski definition) is 2. The normalized spacial score (nSPS) is 28.2. The van der Waals surface area contributed by atoms with Crippen LogP contribution in [-0.4, -0.2) is 5.97 Å². The fraction of sp³-hybridized carbons (Fsp3) is 0.767. The summed E-state index contributed by atoms with van der Waals surface area (Å²) < 4.78 is 5.60. The minimum absolute atomic E-state index is 0.0467. The first kappa shape index (κ1) is 26.9. The average Bonchev–Trinajstić information content (AvgIpc) is 2.81. The van der Waals surface area contributed by atoms with E-state index in [2.05, 4.69) is 40.9 Å². The second-order valence-corrected chi connectivity index (χ2v) is 11.0. The standard InChI is InChI=1S/C30H50O2/c1-7-9-26-14-16-27(17-15-26)28-18-20-29(21-19-28)30(31)32-25(6)13-12-24(5)23(4)11-10-22(3)8-2/h12-13,22-23,26-29H,5-11,14-21H2,1-4H3/b13-12-. The van der Waals surface area contributed by atoms with Gasteiger partial charge in [-0.15, -0.1) is 0 Å². The molecule has 2 fully saturated rings. The van der Waals surface area contributed by atoms with Crippen molar-refractivity contribution >= 4 is 5.97 Å². The van der Waals surface area contributed by atoms with Crippen LogP contribution in [0.4, 0.5) is 0 Å². The molecule has 32 heavy (non-hydrogen) atoms. The van der Waals surface area contributed by atoms with E-state index in [0.29, 0.717) is 11.7 Å². The molecule has 2 heteroatoms. The Morgan fingerprint density at radius 2 is 1.50 bits per heavy atom. The lowest BCUT2D eigenvalue weighted by Gasteiger charge is -2.37. The number of rotatable bonds is 12. The van der Waals surface area contributed by atoms with Crippen LogP contribution in [0.15, 0.2) is 36.6 Å². The number of hydrogen-bond donors (Lipinski definition) is 0. The lowest BCUT2D eigenvalue weighted by atomic mass is 9.69. The maximum absolute atomic E-state index is 12.7. The van der Waals surface area contributed by atoms with Gasteiger partial charge in [0.15, 0.2) is 0 Å². The average molecular weight is 443 g/mol. The molecule has 0 aliphatic heterocycles. The SMILES string of the molecule is C=C(/C=C\C(=C)C(C)CCC(C)CC)OC(=O)C1CCC(C2CCC(CCC)CC2)CC1. The molecule has 2 atom stereocenters. The molecule has 2 aliphatic rings. The topological polar surface area (TPSA) is 26.3 Å². The van der Waals surface area contributed by atoms with Crippen molar-refractivity contribution in [3.63, 3.8) is 0 Å². The van der Waals surface area contributed by atoms with Gasteiger partial charge in [0.2, 0.25) is 0 Å². The van der Waals surface area contributed by atoms with Gasteiger partial charge >= 0.3 is 5.97 Å². The van der Waals surface area contributed by atoms with E-state index in [1.807, 2.05) is 12.2 Å². The van der Waals surface area contributed by atoms with Crippen molar-refractivity contribution < 1.29 is 9.53 Å². The molecule has 0 aromatic carbocycles. The zero-order valence-corrected chi connectivity index (χ0v) is 21.5. The summed E-state index contributed by atoms with van der Waals surface area (Å²) in [5.74, 6) is 4.30. The lowest BCUT2D eigenvalue weighted by Crippen LogP contribution is -2.29. The van der Waals surface area contributed by atoms with Crippen LogP contribution >= 0.6 is 0 Å². The van der Waals surface area contributed by atoms with E-state index in [9.17, 15) is 4.79 Å². The quantitative estimate of drug-likeness (QED) is 0.171. The summed E-state index contributed by atoms with van der Waals surface area (Å²) in [4.78, 5) is 12.7. The van der Waals surface area contributed by atoms with Gasteiger partial charge in [0.25, 0.3) is 0 Å². The molecule has 0 N–H and O–H groups in total. The van der Waals surface area contributed by atoms with Crippen molar-refractivity contribution in [3.05, 3.63) is 36.6 Å². The van der Waals surface area contributed by atoms with Crippen molar-refractivity contribution in [1.29, 1.82) is 0 Å². The molecule has 0 aromatic rings. The lowest BCUT2D eigenvalue weighted by molar-refractivity contribution is -0.145. The van der Waals surface area contributed by atoms with Crippen molar-refractivity contribution in [2.24, 2.45) is 35.5 Å². The molecule has 0 aromatic heterocycles. The Bertz CT molecular complexity index is 615. The molecule has 2 saturated carbocycles. The number of carbonyl (C=O) groups is 1. The third-order valence-corrected chi connectivity index (χ3v) is 8.50. The van der Waals surface area contributed by atoms with Crippen LogP contribution in [0.3, 0.4) is 0 Å². The van der Waals surface area contributed by atoms with Crippen LogP contribution in [0, 0.1) is 35.5 Å². The Kier molecular flexibility index (Phi) is 11.8. The maximum atomic E-state index is 12.7. The second-order valence-electron chi connectivity index (χ2n) is 11.0. The van der Waals surface area contributed by atoms with Gasteiger partial charge < -0.3 is 4.74 Å². The smallest absolute Gasteiger partial charge is 0.314 e. The highest BCUT2D eigenvalue weighted by molar-refractivity contribution is 5.73. The molecule has 0 saturated heterocycles. The molecule has 0 amide bonds. The molecular formula is C30H50O2. The Morgan fingerprint density at radius 1 is 0.906 bits per heavy atom. The van der Waals surface area contributed by atoms with Gasteiger partial charge in [-0.3, -0.25) is 4.79 Å². The minimum atomic E-state index is -0.0832. The molecule has 0 spiro atoms. The molecule has 0 heterocycles.